The van der Waals surface area contributed by atoms with Gasteiger partial charge >= 0.3 is 6.01 Å². The maximum absolute atomic E-state index is 11.9. The summed E-state index contributed by atoms with van der Waals surface area (Å²) in [5.41, 5.74) is 1.30. The Morgan fingerprint density at radius 3 is 2.50 bits per heavy atom. The molecule has 0 saturated carbocycles. The molecular formula is C17H19N3O4. The molecule has 0 spiro atoms. The Morgan fingerprint density at radius 2 is 1.88 bits per heavy atom. The molecule has 1 heterocycles. The van der Waals surface area contributed by atoms with Crippen molar-refractivity contribution in [1.82, 2.24) is 9.97 Å². The number of anilines is 1. The van der Waals surface area contributed by atoms with Crippen LogP contribution < -0.4 is 19.5 Å². The van der Waals surface area contributed by atoms with Gasteiger partial charge in [-0.1, -0.05) is 6.07 Å². The Hall–Kier alpha value is -3.09. The van der Waals surface area contributed by atoms with Gasteiger partial charge in [-0.3, -0.25) is 4.79 Å². The number of ether oxygens (including phenoxy) is 3. The Kier molecular flexibility index (Phi) is 6.13. The number of benzene rings is 1. The van der Waals surface area contributed by atoms with Gasteiger partial charge in [-0.05, 0) is 30.7 Å². The van der Waals surface area contributed by atoms with Gasteiger partial charge in [0.25, 0.3) is 0 Å². The molecule has 0 aliphatic carbocycles. The van der Waals surface area contributed by atoms with Crippen molar-refractivity contribution in [3.63, 3.8) is 0 Å². The predicted octanol–water partition coefficient (Wildman–Crippen LogP) is 2.54. The molecule has 0 aliphatic heterocycles. The van der Waals surface area contributed by atoms with E-state index < -0.39 is 0 Å². The molecule has 0 radical (unpaired) electrons. The van der Waals surface area contributed by atoms with Crippen LogP contribution in [-0.4, -0.2) is 36.7 Å². The van der Waals surface area contributed by atoms with E-state index in [0.29, 0.717) is 23.8 Å². The molecule has 1 aromatic heterocycles. The largest absolute Gasteiger partial charge is 0.493 e. The van der Waals surface area contributed by atoms with Crippen molar-refractivity contribution in [1.29, 1.82) is 0 Å². The predicted molar refractivity (Wildman–Crippen MR) is 90.4 cm³/mol. The highest BCUT2D eigenvalue weighted by atomic mass is 16.5. The lowest BCUT2D eigenvalue weighted by Crippen LogP contribution is -2.08. The van der Waals surface area contributed by atoms with E-state index in [4.69, 9.17) is 14.2 Å². The number of rotatable bonds is 7. The summed E-state index contributed by atoms with van der Waals surface area (Å²) in [7, 11) is 3.13. The van der Waals surface area contributed by atoms with Crippen LogP contribution in [0.25, 0.3) is 6.08 Å². The third-order valence-electron chi connectivity index (χ3n) is 3.00. The monoisotopic (exact) mass is 329 g/mol. The maximum atomic E-state index is 11.9. The summed E-state index contributed by atoms with van der Waals surface area (Å²) in [6.07, 6.45) is 6.06. The number of nitrogens with one attached hydrogen (secondary N) is 1. The molecule has 1 N–H and O–H groups in total. The second kappa shape index (κ2) is 8.52. The van der Waals surface area contributed by atoms with Crippen molar-refractivity contribution in [3.8, 4) is 17.5 Å². The Bertz CT molecular complexity index is 714. The topological polar surface area (TPSA) is 82.6 Å². The minimum Gasteiger partial charge on any atom is -0.493 e. The van der Waals surface area contributed by atoms with Gasteiger partial charge in [-0.15, -0.1) is 0 Å². The number of aromatic nitrogens is 2. The average Bonchev–Trinajstić information content (AvgIpc) is 2.61. The summed E-state index contributed by atoms with van der Waals surface area (Å²) in [4.78, 5) is 19.9. The normalized spacial score (nSPS) is 10.5. The number of carbonyl (C=O) groups is 1. The number of methoxy groups -OCH3 is 2. The summed E-state index contributed by atoms with van der Waals surface area (Å²) in [6, 6.07) is 5.65. The number of hydrogen-bond donors (Lipinski definition) is 1. The maximum Gasteiger partial charge on any atom is 0.316 e. The summed E-state index contributed by atoms with van der Waals surface area (Å²) in [6.45, 7) is 2.33. The van der Waals surface area contributed by atoms with Crippen molar-refractivity contribution in [3.05, 3.63) is 42.2 Å². The van der Waals surface area contributed by atoms with Crippen molar-refractivity contribution in [2.45, 2.75) is 6.92 Å². The van der Waals surface area contributed by atoms with Crippen molar-refractivity contribution < 1.29 is 19.0 Å². The van der Waals surface area contributed by atoms with E-state index in [9.17, 15) is 4.79 Å². The highest BCUT2D eigenvalue weighted by molar-refractivity contribution is 6.01. The molecular weight excluding hydrogens is 310 g/mol. The third-order valence-corrected chi connectivity index (χ3v) is 3.00. The van der Waals surface area contributed by atoms with Gasteiger partial charge in [0, 0.05) is 6.08 Å². The van der Waals surface area contributed by atoms with Gasteiger partial charge in [-0.25, -0.2) is 9.97 Å². The zero-order valence-corrected chi connectivity index (χ0v) is 13.8. The number of nitrogens with zero attached hydrogens (tertiary/aromatic N) is 2. The zero-order chi connectivity index (χ0) is 17.4. The van der Waals surface area contributed by atoms with Crippen LogP contribution in [0.15, 0.2) is 36.7 Å². The minimum absolute atomic E-state index is 0.274. The van der Waals surface area contributed by atoms with Crippen LogP contribution in [0.1, 0.15) is 12.5 Å². The van der Waals surface area contributed by atoms with Crippen LogP contribution >= 0.6 is 0 Å². The van der Waals surface area contributed by atoms with E-state index in [2.05, 4.69) is 15.3 Å². The molecule has 0 unspecified atom stereocenters. The van der Waals surface area contributed by atoms with Crippen molar-refractivity contribution >= 4 is 17.7 Å². The molecule has 2 rings (SSSR count). The van der Waals surface area contributed by atoms with E-state index in [-0.39, 0.29) is 11.9 Å². The molecule has 0 aliphatic rings. The molecule has 0 atom stereocenters. The van der Waals surface area contributed by atoms with E-state index in [1.807, 2.05) is 13.0 Å². The molecule has 2 aromatic rings. The Morgan fingerprint density at radius 1 is 1.17 bits per heavy atom. The Labute approximate surface area is 140 Å². The molecule has 7 nitrogen and oxygen atoms in total. The molecule has 1 amide bonds. The molecule has 1 aromatic carbocycles. The van der Waals surface area contributed by atoms with Gasteiger partial charge in [0.2, 0.25) is 5.91 Å². The van der Waals surface area contributed by atoms with Gasteiger partial charge < -0.3 is 19.5 Å². The highest BCUT2D eigenvalue weighted by Gasteiger charge is 2.04. The molecule has 0 bridgehead atoms. The smallest absolute Gasteiger partial charge is 0.316 e. The molecule has 0 saturated heterocycles. The van der Waals surface area contributed by atoms with Crippen LogP contribution in [0.2, 0.25) is 0 Å². The first-order chi connectivity index (χ1) is 11.7. The lowest BCUT2D eigenvalue weighted by atomic mass is 10.2. The first-order valence-corrected chi connectivity index (χ1v) is 7.32. The fourth-order valence-corrected chi connectivity index (χ4v) is 1.90. The van der Waals surface area contributed by atoms with Crippen LogP contribution in [0, 0.1) is 0 Å². The number of carbonyl (C=O) groups excluding carboxylic acids is 1. The molecule has 24 heavy (non-hydrogen) atoms. The van der Waals surface area contributed by atoms with Crippen LogP contribution in [0.4, 0.5) is 5.69 Å². The SMILES string of the molecule is CCOc1ncc(NC(=O)/C=C/c2ccc(OC)c(OC)c2)cn1. The number of amides is 1. The highest BCUT2D eigenvalue weighted by Crippen LogP contribution is 2.27. The van der Waals surface area contributed by atoms with Crippen molar-refractivity contribution in [2.75, 3.05) is 26.1 Å². The summed E-state index contributed by atoms with van der Waals surface area (Å²) < 4.78 is 15.5. The summed E-state index contributed by atoms with van der Waals surface area (Å²) >= 11 is 0. The quantitative estimate of drug-likeness (QED) is 0.786. The van der Waals surface area contributed by atoms with Gasteiger partial charge in [0.15, 0.2) is 11.5 Å². The summed E-state index contributed by atoms with van der Waals surface area (Å²) in [5, 5.41) is 2.67. The van der Waals surface area contributed by atoms with Gasteiger partial charge in [0.05, 0.1) is 38.9 Å². The lowest BCUT2D eigenvalue weighted by molar-refractivity contribution is -0.111. The minimum atomic E-state index is -0.294. The number of hydrogen-bond acceptors (Lipinski definition) is 6. The third kappa shape index (κ3) is 4.70. The Balaban J connectivity index is 1.99. The van der Waals surface area contributed by atoms with Crippen molar-refractivity contribution in [2.24, 2.45) is 0 Å². The van der Waals surface area contributed by atoms with E-state index in [1.54, 1.807) is 32.4 Å². The molecule has 7 heteroatoms. The molecule has 0 fully saturated rings. The standard InChI is InChI=1S/C17H19N3O4/c1-4-24-17-18-10-13(11-19-17)20-16(21)8-6-12-5-7-14(22-2)15(9-12)23-3/h5-11H,4H2,1-3H3,(H,20,21)/b8-6+. The van der Waals surface area contributed by atoms with Gasteiger partial charge in [0.1, 0.15) is 0 Å². The fraction of sp³-hybridized carbons (Fsp3) is 0.235. The first kappa shape index (κ1) is 17.3. The van der Waals surface area contributed by atoms with Crippen LogP contribution in [-0.2, 0) is 4.79 Å². The lowest BCUT2D eigenvalue weighted by Gasteiger charge is -2.07. The molecule has 126 valence electrons. The second-order valence-corrected chi connectivity index (χ2v) is 4.62. The van der Waals surface area contributed by atoms with E-state index in [0.717, 1.165) is 5.56 Å². The van der Waals surface area contributed by atoms with E-state index >= 15 is 0 Å². The fourth-order valence-electron chi connectivity index (χ4n) is 1.90. The second-order valence-electron chi connectivity index (χ2n) is 4.62. The summed E-state index contributed by atoms with van der Waals surface area (Å²) in [5.74, 6) is 0.933. The van der Waals surface area contributed by atoms with E-state index in [1.165, 1.54) is 18.5 Å². The average molecular weight is 329 g/mol. The van der Waals surface area contributed by atoms with Crippen LogP contribution in [0.5, 0.6) is 17.5 Å². The van der Waals surface area contributed by atoms with Gasteiger partial charge in [-0.2, -0.15) is 0 Å². The van der Waals surface area contributed by atoms with Crippen LogP contribution in [0.3, 0.4) is 0 Å². The first-order valence-electron chi connectivity index (χ1n) is 7.32. The zero-order valence-electron chi connectivity index (χ0n) is 13.8.